The Morgan fingerprint density at radius 2 is 1.74 bits per heavy atom. The number of hydrogen-bond acceptors (Lipinski definition) is 7. The van der Waals surface area contributed by atoms with Crippen LogP contribution in [0.1, 0.15) is 24.0 Å². The zero-order chi connectivity index (χ0) is 24.0. The van der Waals surface area contributed by atoms with Crippen LogP contribution < -0.4 is 10.2 Å². The van der Waals surface area contributed by atoms with E-state index in [9.17, 15) is 4.79 Å². The number of morpholine rings is 1. The molecule has 184 valence electrons. The fourth-order valence-electron chi connectivity index (χ4n) is 4.57. The summed E-state index contributed by atoms with van der Waals surface area (Å²) in [6.07, 6.45) is 2.58. The summed E-state index contributed by atoms with van der Waals surface area (Å²) in [7, 11) is 0. The summed E-state index contributed by atoms with van der Waals surface area (Å²) in [5.41, 5.74) is 4.24. The summed E-state index contributed by atoms with van der Waals surface area (Å²) in [5, 5.41) is 12.7. The second-order valence-corrected chi connectivity index (χ2v) is 9.96. The molecular formula is C26H32N6O2S. The van der Waals surface area contributed by atoms with E-state index in [0.717, 1.165) is 42.5 Å². The molecule has 1 N–H and O–H groups in total. The van der Waals surface area contributed by atoms with Gasteiger partial charge in [-0.3, -0.25) is 14.3 Å². The molecule has 2 aliphatic heterocycles. The smallest absolute Gasteiger partial charge is 0.234 e. The van der Waals surface area contributed by atoms with E-state index in [2.05, 4.69) is 61.1 Å². The number of carbonyl (C=O) groups excluding carboxylic acids is 1. The normalized spacial score (nSPS) is 16.5. The van der Waals surface area contributed by atoms with Gasteiger partial charge in [-0.1, -0.05) is 42.1 Å². The van der Waals surface area contributed by atoms with E-state index in [1.54, 1.807) is 0 Å². The summed E-state index contributed by atoms with van der Waals surface area (Å²) >= 11 is 1.40. The van der Waals surface area contributed by atoms with Crippen molar-refractivity contribution in [3.63, 3.8) is 0 Å². The van der Waals surface area contributed by atoms with Crippen LogP contribution in [0.25, 0.3) is 5.69 Å². The van der Waals surface area contributed by atoms with Gasteiger partial charge in [0.05, 0.1) is 24.7 Å². The first-order valence-corrected chi connectivity index (χ1v) is 13.2. The number of hydrogen-bond donors (Lipinski definition) is 1. The average Bonchev–Trinajstić information content (AvgIpc) is 3.55. The van der Waals surface area contributed by atoms with Crippen molar-refractivity contribution in [2.75, 3.05) is 55.4 Å². The van der Waals surface area contributed by atoms with Crippen molar-refractivity contribution in [3.8, 4) is 5.69 Å². The number of carbonyl (C=O) groups is 1. The number of nitrogens with one attached hydrogen (secondary N) is 1. The van der Waals surface area contributed by atoms with Gasteiger partial charge in [-0.2, -0.15) is 0 Å². The fraction of sp³-hybridized carbons (Fsp3) is 0.423. The van der Waals surface area contributed by atoms with E-state index in [1.807, 2.05) is 24.3 Å². The van der Waals surface area contributed by atoms with Gasteiger partial charge < -0.3 is 15.0 Å². The first-order valence-electron chi connectivity index (χ1n) is 12.3. The standard InChI is InChI=1S/C26H32N6O2S/c1-20-6-2-3-7-23(20)32-25(31-14-16-34-17-15-31)28-29-26(32)35-19-24(33)27-22-10-8-21(9-11-22)18-30-12-4-5-13-30/h2-3,6-11H,4-5,12-19H2,1H3,(H,27,33). The number of amides is 1. The third-order valence-electron chi connectivity index (χ3n) is 6.44. The monoisotopic (exact) mass is 492 g/mol. The Balaban J connectivity index is 1.25. The molecule has 9 heteroatoms. The molecule has 8 nitrogen and oxygen atoms in total. The molecule has 1 amide bonds. The largest absolute Gasteiger partial charge is 0.378 e. The predicted molar refractivity (Wildman–Crippen MR) is 139 cm³/mol. The third kappa shape index (κ3) is 5.86. The lowest BCUT2D eigenvalue weighted by Crippen LogP contribution is -2.38. The number of thioether (sulfide) groups is 1. The predicted octanol–water partition coefficient (Wildman–Crippen LogP) is 3.74. The van der Waals surface area contributed by atoms with Gasteiger partial charge in [-0.25, -0.2) is 0 Å². The highest BCUT2D eigenvalue weighted by Gasteiger charge is 2.23. The minimum absolute atomic E-state index is 0.0606. The minimum Gasteiger partial charge on any atom is -0.378 e. The molecule has 0 unspecified atom stereocenters. The van der Waals surface area contributed by atoms with Crippen molar-refractivity contribution in [3.05, 3.63) is 59.7 Å². The van der Waals surface area contributed by atoms with Crippen molar-refractivity contribution >= 4 is 29.3 Å². The zero-order valence-electron chi connectivity index (χ0n) is 20.2. The average molecular weight is 493 g/mol. The molecule has 2 aromatic carbocycles. The number of anilines is 2. The van der Waals surface area contributed by atoms with E-state index >= 15 is 0 Å². The number of rotatable bonds is 8. The second kappa shape index (κ2) is 11.2. The Labute approximate surface area is 210 Å². The van der Waals surface area contributed by atoms with E-state index in [1.165, 1.54) is 43.3 Å². The van der Waals surface area contributed by atoms with E-state index in [-0.39, 0.29) is 11.7 Å². The molecule has 2 fully saturated rings. The number of para-hydroxylation sites is 1. The highest BCUT2D eigenvalue weighted by atomic mass is 32.2. The molecule has 0 radical (unpaired) electrons. The molecule has 2 saturated heterocycles. The topological polar surface area (TPSA) is 75.5 Å². The van der Waals surface area contributed by atoms with Crippen LogP contribution in [0, 0.1) is 6.92 Å². The molecule has 5 rings (SSSR count). The van der Waals surface area contributed by atoms with Crippen molar-refractivity contribution in [2.45, 2.75) is 31.5 Å². The lowest BCUT2D eigenvalue weighted by atomic mass is 10.2. The second-order valence-electron chi connectivity index (χ2n) is 9.02. The number of benzene rings is 2. The van der Waals surface area contributed by atoms with Crippen LogP contribution >= 0.6 is 11.8 Å². The minimum atomic E-state index is -0.0606. The third-order valence-corrected chi connectivity index (χ3v) is 7.37. The Morgan fingerprint density at radius 1 is 1.00 bits per heavy atom. The summed E-state index contributed by atoms with van der Waals surface area (Å²) in [6, 6.07) is 16.4. The number of aromatic nitrogens is 3. The van der Waals surface area contributed by atoms with Crippen LogP contribution in [0.15, 0.2) is 53.7 Å². The molecule has 3 heterocycles. The number of aryl methyl sites for hydroxylation is 1. The summed E-state index contributed by atoms with van der Waals surface area (Å²) in [5.74, 6) is 0.983. The molecule has 0 saturated carbocycles. The Kier molecular flexibility index (Phi) is 7.66. The summed E-state index contributed by atoms with van der Waals surface area (Å²) < 4.78 is 7.57. The van der Waals surface area contributed by atoms with Crippen molar-refractivity contribution in [2.24, 2.45) is 0 Å². The van der Waals surface area contributed by atoms with E-state index < -0.39 is 0 Å². The SMILES string of the molecule is Cc1ccccc1-n1c(SCC(=O)Nc2ccc(CN3CCCC3)cc2)nnc1N1CCOCC1. The molecule has 1 aromatic heterocycles. The summed E-state index contributed by atoms with van der Waals surface area (Å²) in [4.78, 5) is 17.4. The molecular weight excluding hydrogens is 460 g/mol. The van der Waals surface area contributed by atoms with E-state index in [0.29, 0.717) is 18.4 Å². The number of nitrogens with zero attached hydrogens (tertiary/aromatic N) is 5. The van der Waals surface area contributed by atoms with Gasteiger partial charge in [0, 0.05) is 25.3 Å². The van der Waals surface area contributed by atoms with Crippen LogP contribution in [0.4, 0.5) is 11.6 Å². The number of likely N-dealkylation sites (tertiary alicyclic amines) is 1. The maximum atomic E-state index is 12.7. The summed E-state index contributed by atoms with van der Waals surface area (Å²) in [6.45, 7) is 8.28. The van der Waals surface area contributed by atoms with Gasteiger partial charge >= 0.3 is 0 Å². The van der Waals surface area contributed by atoms with Gasteiger partial charge in [0.1, 0.15) is 0 Å². The van der Waals surface area contributed by atoms with Gasteiger partial charge in [0.15, 0.2) is 5.16 Å². The van der Waals surface area contributed by atoms with Crippen LogP contribution in [-0.4, -0.2) is 70.7 Å². The first-order chi connectivity index (χ1) is 17.2. The lowest BCUT2D eigenvalue weighted by molar-refractivity contribution is -0.113. The molecule has 0 aliphatic carbocycles. The van der Waals surface area contributed by atoms with Gasteiger partial charge in [0.2, 0.25) is 11.9 Å². The van der Waals surface area contributed by atoms with Crippen molar-refractivity contribution < 1.29 is 9.53 Å². The van der Waals surface area contributed by atoms with Gasteiger partial charge in [-0.05, 0) is 62.2 Å². The van der Waals surface area contributed by atoms with Crippen LogP contribution in [0.3, 0.4) is 0 Å². The van der Waals surface area contributed by atoms with Crippen molar-refractivity contribution in [1.29, 1.82) is 0 Å². The Bertz CT molecular complexity index is 1140. The van der Waals surface area contributed by atoms with Crippen LogP contribution in [0.2, 0.25) is 0 Å². The zero-order valence-corrected chi connectivity index (χ0v) is 21.0. The molecule has 0 bridgehead atoms. The lowest BCUT2D eigenvalue weighted by Gasteiger charge is -2.28. The molecule has 3 aromatic rings. The maximum absolute atomic E-state index is 12.7. The van der Waals surface area contributed by atoms with Gasteiger partial charge in [-0.15, -0.1) is 10.2 Å². The highest BCUT2D eigenvalue weighted by Crippen LogP contribution is 2.29. The van der Waals surface area contributed by atoms with Crippen LogP contribution in [0.5, 0.6) is 0 Å². The Hall–Kier alpha value is -2.88. The molecule has 2 aliphatic rings. The Morgan fingerprint density at radius 3 is 2.49 bits per heavy atom. The van der Waals surface area contributed by atoms with Crippen LogP contribution in [-0.2, 0) is 16.1 Å². The molecule has 0 atom stereocenters. The van der Waals surface area contributed by atoms with Crippen molar-refractivity contribution in [1.82, 2.24) is 19.7 Å². The fourth-order valence-corrected chi connectivity index (χ4v) is 5.31. The quantitative estimate of drug-likeness (QED) is 0.480. The first kappa shape index (κ1) is 23.8. The number of ether oxygens (including phenoxy) is 1. The molecule has 0 spiro atoms. The molecule has 35 heavy (non-hydrogen) atoms. The highest BCUT2D eigenvalue weighted by molar-refractivity contribution is 7.99. The van der Waals surface area contributed by atoms with Gasteiger partial charge in [0.25, 0.3) is 0 Å². The van der Waals surface area contributed by atoms with E-state index in [4.69, 9.17) is 4.74 Å². The maximum Gasteiger partial charge on any atom is 0.234 e.